The monoisotopic (exact) mass is 262 g/mol. The van der Waals surface area contributed by atoms with E-state index in [1.54, 1.807) is 0 Å². The van der Waals surface area contributed by atoms with Crippen LogP contribution in [0.5, 0.6) is 0 Å². The summed E-state index contributed by atoms with van der Waals surface area (Å²) in [5.41, 5.74) is 3.03. The van der Waals surface area contributed by atoms with Crippen LogP contribution in [0.25, 0.3) is 21.8 Å². The van der Waals surface area contributed by atoms with Gasteiger partial charge in [-0.25, -0.2) is 4.98 Å². The molecule has 0 saturated heterocycles. The van der Waals surface area contributed by atoms with Gasteiger partial charge in [-0.3, -0.25) is 9.59 Å². The number of aryl methyl sites for hydroxylation is 1. The molecule has 1 aliphatic rings. The fourth-order valence-electron chi connectivity index (χ4n) is 2.84. The molecule has 2 heterocycles. The number of fused-ring (bicyclic) bond motifs is 5. The predicted octanol–water partition coefficient (Wildman–Crippen LogP) is 2.96. The van der Waals surface area contributed by atoms with Crippen molar-refractivity contribution in [3.8, 4) is 0 Å². The molecule has 4 nitrogen and oxygen atoms in total. The standard InChI is InChI=1S/C16H10N2O2/c1-8-13-9-4-2-3-5-10(9)18-16(13)14-11(19)6-7-12(20)15(14)17-8/h2-7,18H,1H3. The first-order chi connectivity index (χ1) is 9.66. The Bertz CT molecular complexity index is 948. The third-order valence-corrected chi connectivity index (χ3v) is 3.70. The number of H-pyrrole nitrogens is 1. The summed E-state index contributed by atoms with van der Waals surface area (Å²) in [5.74, 6) is -0.396. The van der Waals surface area contributed by atoms with Gasteiger partial charge in [0.1, 0.15) is 5.69 Å². The minimum absolute atomic E-state index is 0.177. The van der Waals surface area contributed by atoms with Crippen molar-refractivity contribution in [2.45, 2.75) is 6.92 Å². The highest BCUT2D eigenvalue weighted by Crippen LogP contribution is 2.32. The van der Waals surface area contributed by atoms with E-state index in [1.807, 2.05) is 31.2 Å². The third kappa shape index (κ3) is 1.28. The maximum absolute atomic E-state index is 12.1. The maximum atomic E-state index is 12.1. The maximum Gasteiger partial charge on any atom is 0.205 e. The molecular formula is C16H10N2O2. The fourth-order valence-corrected chi connectivity index (χ4v) is 2.84. The van der Waals surface area contributed by atoms with E-state index < -0.39 is 0 Å². The van der Waals surface area contributed by atoms with E-state index in [1.165, 1.54) is 12.2 Å². The molecule has 1 N–H and O–H groups in total. The van der Waals surface area contributed by atoms with E-state index in [-0.39, 0.29) is 17.3 Å². The number of pyridine rings is 1. The number of nitrogens with one attached hydrogen (secondary N) is 1. The number of para-hydroxylation sites is 1. The molecular weight excluding hydrogens is 252 g/mol. The molecule has 1 aromatic carbocycles. The lowest BCUT2D eigenvalue weighted by Crippen LogP contribution is -2.15. The lowest BCUT2D eigenvalue weighted by molar-refractivity contribution is 0.0991. The van der Waals surface area contributed by atoms with Crippen LogP contribution in [-0.2, 0) is 0 Å². The fraction of sp³-hybridized carbons (Fsp3) is 0.0625. The highest BCUT2D eigenvalue weighted by atomic mass is 16.1. The van der Waals surface area contributed by atoms with Crippen LogP contribution in [0.2, 0.25) is 0 Å². The Labute approximate surface area is 114 Å². The zero-order valence-electron chi connectivity index (χ0n) is 10.7. The van der Waals surface area contributed by atoms with Crippen molar-refractivity contribution in [2.75, 3.05) is 0 Å². The van der Waals surface area contributed by atoms with Crippen molar-refractivity contribution in [3.63, 3.8) is 0 Å². The van der Waals surface area contributed by atoms with Crippen molar-refractivity contribution < 1.29 is 9.59 Å². The van der Waals surface area contributed by atoms with Gasteiger partial charge in [-0.1, -0.05) is 18.2 Å². The van der Waals surface area contributed by atoms with Gasteiger partial charge in [-0.05, 0) is 25.1 Å². The second-order valence-corrected chi connectivity index (χ2v) is 4.90. The highest BCUT2D eigenvalue weighted by Gasteiger charge is 2.26. The van der Waals surface area contributed by atoms with Crippen LogP contribution in [0, 0.1) is 6.92 Å². The van der Waals surface area contributed by atoms with E-state index in [2.05, 4.69) is 9.97 Å². The van der Waals surface area contributed by atoms with Crippen LogP contribution in [0.1, 0.15) is 26.5 Å². The van der Waals surface area contributed by atoms with Crippen molar-refractivity contribution >= 4 is 33.4 Å². The van der Waals surface area contributed by atoms with E-state index in [4.69, 9.17) is 0 Å². The topological polar surface area (TPSA) is 62.8 Å². The largest absolute Gasteiger partial charge is 0.354 e. The molecule has 0 unspecified atom stereocenters. The van der Waals surface area contributed by atoms with Gasteiger partial charge in [0, 0.05) is 22.0 Å². The average Bonchev–Trinajstić information content (AvgIpc) is 2.82. The van der Waals surface area contributed by atoms with E-state index in [9.17, 15) is 9.59 Å². The van der Waals surface area contributed by atoms with Crippen LogP contribution < -0.4 is 0 Å². The molecule has 0 aliphatic heterocycles. The zero-order chi connectivity index (χ0) is 13.9. The number of aromatic amines is 1. The Hall–Kier alpha value is -2.75. The van der Waals surface area contributed by atoms with Crippen molar-refractivity contribution in [1.29, 1.82) is 0 Å². The molecule has 0 radical (unpaired) electrons. The Balaban J connectivity index is 2.28. The summed E-state index contributed by atoms with van der Waals surface area (Å²) in [4.78, 5) is 31.7. The van der Waals surface area contributed by atoms with Crippen LogP contribution in [0.4, 0.5) is 0 Å². The Morgan fingerprint density at radius 2 is 1.80 bits per heavy atom. The summed E-state index contributed by atoms with van der Waals surface area (Å²) in [7, 11) is 0. The summed E-state index contributed by atoms with van der Waals surface area (Å²) >= 11 is 0. The molecule has 20 heavy (non-hydrogen) atoms. The SMILES string of the molecule is Cc1nc2c(c3[nH]c4ccccc4c13)C(=O)C=CC2=O. The summed E-state index contributed by atoms with van der Waals surface area (Å²) in [6, 6.07) is 7.81. The quantitative estimate of drug-likeness (QED) is 0.677. The molecule has 0 fully saturated rings. The molecule has 2 aromatic heterocycles. The van der Waals surface area contributed by atoms with Crippen molar-refractivity contribution in [3.05, 3.63) is 53.4 Å². The number of aromatic nitrogens is 2. The second-order valence-electron chi connectivity index (χ2n) is 4.90. The number of carbonyl (C=O) groups excluding carboxylic acids is 2. The average molecular weight is 262 g/mol. The first kappa shape index (κ1) is 11.1. The third-order valence-electron chi connectivity index (χ3n) is 3.70. The van der Waals surface area contributed by atoms with Gasteiger partial charge in [0.05, 0.1) is 11.1 Å². The molecule has 1 aliphatic carbocycles. The number of carbonyl (C=O) groups is 2. The van der Waals surface area contributed by atoms with Crippen LogP contribution in [0.15, 0.2) is 36.4 Å². The van der Waals surface area contributed by atoms with Gasteiger partial charge in [0.2, 0.25) is 5.78 Å². The molecule has 4 heteroatoms. The van der Waals surface area contributed by atoms with Crippen LogP contribution >= 0.6 is 0 Å². The first-order valence-corrected chi connectivity index (χ1v) is 6.34. The molecule has 0 saturated carbocycles. The number of nitrogens with zero attached hydrogens (tertiary/aromatic N) is 1. The number of ketones is 2. The molecule has 4 rings (SSSR count). The van der Waals surface area contributed by atoms with Crippen molar-refractivity contribution in [1.82, 2.24) is 9.97 Å². The van der Waals surface area contributed by atoms with E-state index >= 15 is 0 Å². The van der Waals surface area contributed by atoms with Gasteiger partial charge >= 0.3 is 0 Å². The lowest BCUT2D eigenvalue weighted by Gasteiger charge is -2.10. The first-order valence-electron chi connectivity index (χ1n) is 6.34. The normalized spacial score (nSPS) is 14.2. The highest BCUT2D eigenvalue weighted by molar-refractivity contribution is 6.27. The number of allylic oxidation sites excluding steroid dienone is 2. The molecule has 0 atom stereocenters. The summed E-state index contributed by atoms with van der Waals surface area (Å²) < 4.78 is 0. The molecule has 0 amide bonds. The Morgan fingerprint density at radius 3 is 2.65 bits per heavy atom. The van der Waals surface area contributed by atoms with Gasteiger partial charge in [0.15, 0.2) is 5.78 Å². The predicted molar refractivity (Wildman–Crippen MR) is 76.1 cm³/mol. The van der Waals surface area contributed by atoms with E-state index in [0.29, 0.717) is 11.1 Å². The Morgan fingerprint density at radius 1 is 1.05 bits per heavy atom. The van der Waals surface area contributed by atoms with Gasteiger partial charge in [0.25, 0.3) is 0 Å². The van der Waals surface area contributed by atoms with Crippen LogP contribution in [-0.4, -0.2) is 21.5 Å². The van der Waals surface area contributed by atoms with Crippen LogP contribution in [0.3, 0.4) is 0 Å². The smallest absolute Gasteiger partial charge is 0.205 e. The molecule has 96 valence electrons. The summed E-state index contributed by atoms with van der Waals surface area (Å²) in [5, 5.41) is 1.93. The van der Waals surface area contributed by atoms with Gasteiger partial charge in [-0.2, -0.15) is 0 Å². The lowest BCUT2D eigenvalue weighted by atomic mass is 9.96. The van der Waals surface area contributed by atoms with Gasteiger partial charge in [-0.15, -0.1) is 0 Å². The number of rotatable bonds is 0. The van der Waals surface area contributed by atoms with Gasteiger partial charge < -0.3 is 4.98 Å². The molecule has 3 aromatic rings. The van der Waals surface area contributed by atoms with E-state index in [0.717, 1.165) is 22.0 Å². The number of benzene rings is 1. The molecule has 0 spiro atoms. The Kier molecular flexibility index (Phi) is 2.02. The summed E-state index contributed by atoms with van der Waals surface area (Å²) in [6.07, 6.45) is 2.60. The zero-order valence-corrected chi connectivity index (χ0v) is 10.7. The second kappa shape index (κ2) is 3.63. The van der Waals surface area contributed by atoms with Crippen molar-refractivity contribution in [2.24, 2.45) is 0 Å². The number of hydrogen-bond acceptors (Lipinski definition) is 3. The summed E-state index contributed by atoms with van der Waals surface area (Å²) in [6.45, 7) is 1.86. The molecule has 0 bridgehead atoms. The minimum Gasteiger partial charge on any atom is -0.354 e. The number of hydrogen-bond donors (Lipinski definition) is 1. The minimum atomic E-state index is -0.219.